The molecule has 0 radical (unpaired) electrons. The van der Waals surface area contributed by atoms with Gasteiger partial charge < -0.3 is 20.6 Å². The maximum absolute atomic E-state index is 13.0. The third-order valence-corrected chi connectivity index (χ3v) is 5.19. The molecular weight excluding hydrogens is 270 g/mol. The van der Waals surface area contributed by atoms with Crippen LogP contribution in [0.4, 0.5) is 0 Å². The Kier molecular flexibility index (Phi) is 5.08. The van der Waals surface area contributed by atoms with E-state index in [9.17, 15) is 4.79 Å². The van der Waals surface area contributed by atoms with E-state index in [1.54, 1.807) is 7.11 Å². The van der Waals surface area contributed by atoms with Crippen LogP contribution in [0.1, 0.15) is 45.4 Å². The van der Waals surface area contributed by atoms with Crippen molar-refractivity contribution >= 4 is 11.7 Å². The van der Waals surface area contributed by atoms with E-state index in [4.69, 9.17) is 15.7 Å². The molecule has 1 aliphatic heterocycles. The molecule has 1 saturated carbocycles. The van der Waals surface area contributed by atoms with Crippen molar-refractivity contribution in [2.45, 2.75) is 51.6 Å². The lowest BCUT2D eigenvalue weighted by Gasteiger charge is -2.43. The van der Waals surface area contributed by atoms with Gasteiger partial charge in [-0.3, -0.25) is 4.79 Å². The third-order valence-electron chi connectivity index (χ3n) is 5.19. The summed E-state index contributed by atoms with van der Waals surface area (Å²) in [6.45, 7) is 3.47. The topological polar surface area (TPSA) is 88.2 Å². The number of amides is 1. The van der Waals surface area contributed by atoms with Gasteiger partial charge in [0, 0.05) is 20.2 Å². The van der Waals surface area contributed by atoms with Gasteiger partial charge >= 0.3 is 0 Å². The number of amidine groups is 1. The fourth-order valence-electron chi connectivity index (χ4n) is 3.66. The van der Waals surface area contributed by atoms with Crippen molar-refractivity contribution in [3.05, 3.63) is 0 Å². The van der Waals surface area contributed by atoms with Crippen LogP contribution in [0, 0.1) is 11.3 Å². The molecule has 21 heavy (non-hydrogen) atoms. The van der Waals surface area contributed by atoms with Gasteiger partial charge in [0.2, 0.25) is 5.91 Å². The Morgan fingerprint density at radius 3 is 2.62 bits per heavy atom. The number of nitrogens with zero attached hydrogens (tertiary/aromatic N) is 2. The molecule has 0 aromatic rings. The van der Waals surface area contributed by atoms with Crippen LogP contribution in [-0.4, -0.2) is 48.2 Å². The molecule has 1 amide bonds. The van der Waals surface area contributed by atoms with Gasteiger partial charge in [-0.05, 0) is 25.2 Å². The van der Waals surface area contributed by atoms with Crippen LogP contribution in [0.25, 0.3) is 0 Å². The number of hydrogen-bond donors (Lipinski definition) is 2. The highest BCUT2D eigenvalue weighted by Crippen LogP contribution is 2.39. The second-order valence-electron chi connectivity index (χ2n) is 6.42. The number of carbonyl (C=O) groups is 1. The molecular formula is C15H27N3O3. The lowest BCUT2D eigenvalue weighted by atomic mass is 9.71. The number of piperidine rings is 1. The Morgan fingerprint density at radius 1 is 1.38 bits per heavy atom. The highest BCUT2D eigenvalue weighted by atomic mass is 16.5. The van der Waals surface area contributed by atoms with Gasteiger partial charge in [-0.1, -0.05) is 31.3 Å². The van der Waals surface area contributed by atoms with E-state index in [0.29, 0.717) is 25.3 Å². The molecule has 0 bridgehead atoms. The molecule has 6 nitrogen and oxygen atoms in total. The predicted molar refractivity (Wildman–Crippen MR) is 80.1 cm³/mol. The summed E-state index contributed by atoms with van der Waals surface area (Å²) in [5.41, 5.74) is 5.09. The van der Waals surface area contributed by atoms with Crippen LogP contribution in [-0.2, 0) is 9.53 Å². The number of likely N-dealkylation sites (tertiary alicyclic amines) is 1. The minimum absolute atomic E-state index is 0.00597. The number of rotatable bonds is 3. The van der Waals surface area contributed by atoms with Gasteiger partial charge in [0.25, 0.3) is 0 Å². The van der Waals surface area contributed by atoms with Gasteiger partial charge in [-0.15, -0.1) is 0 Å². The summed E-state index contributed by atoms with van der Waals surface area (Å²) in [7, 11) is 1.69. The van der Waals surface area contributed by atoms with Crippen molar-refractivity contribution < 1.29 is 14.7 Å². The van der Waals surface area contributed by atoms with Gasteiger partial charge in [-0.2, -0.15) is 0 Å². The normalized spacial score (nSPS) is 30.2. The number of hydrogen-bond acceptors (Lipinski definition) is 4. The zero-order valence-corrected chi connectivity index (χ0v) is 13.0. The van der Waals surface area contributed by atoms with Gasteiger partial charge in [0.05, 0.1) is 6.10 Å². The molecule has 1 heterocycles. The summed E-state index contributed by atoms with van der Waals surface area (Å²) in [5, 5.41) is 12.3. The van der Waals surface area contributed by atoms with Crippen molar-refractivity contribution in [1.82, 2.24) is 4.90 Å². The van der Waals surface area contributed by atoms with Crippen molar-refractivity contribution in [3.63, 3.8) is 0 Å². The highest BCUT2D eigenvalue weighted by Gasteiger charge is 2.47. The minimum atomic E-state index is -0.814. The predicted octanol–water partition coefficient (Wildman–Crippen LogP) is 1.57. The second kappa shape index (κ2) is 6.64. The van der Waals surface area contributed by atoms with Gasteiger partial charge in [0.1, 0.15) is 5.41 Å². The molecule has 1 aliphatic carbocycles. The van der Waals surface area contributed by atoms with Crippen LogP contribution in [0.3, 0.4) is 0 Å². The van der Waals surface area contributed by atoms with Crippen LogP contribution in [0.15, 0.2) is 5.16 Å². The molecule has 3 N–H and O–H groups in total. The van der Waals surface area contributed by atoms with Crippen molar-refractivity contribution in [1.29, 1.82) is 0 Å². The first kappa shape index (κ1) is 16.1. The van der Waals surface area contributed by atoms with Crippen LogP contribution in [0.5, 0.6) is 0 Å². The molecule has 2 atom stereocenters. The zero-order chi connectivity index (χ0) is 15.5. The minimum Gasteiger partial charge on any atom is -0.409 e. The Labute approximate surface area is 126 Å². The maximum atomic E-state index is 13.0. The van der Waals surface area contributed by atoms with Gasteiger partial charge in [0.15, 0.2) is 5.84 Å². The standard InChI is InChI=1S/C15H27N3O3/c1-11-6-9-18(10-12(11)21-2)14(19)15(13(16)17-20)7-4-3-5-8-15/h11-12,20H,3-10H2,1-2H3,(H2,16,17). The molecule has 2 unspecified atom stereocenters. The van der Waals surface area contributed by atoms with Crippen molar-refractivity contribution in [3.8, 4) is 0 Å². The molecule has 0 spiro atoms. The van der Waals surface area contributed by atoms with Crippen LogP contribution < -0.4 is 5.73 Å². The zero-order valence-electron chi connectivity index (χ0n) is 13.0. The summed E-state index contributed by atoms with van der Waals surface area (Å²) < 4.78 is 5.49. The van der Waals surface area contributed by atoms with E-state index >= 15 is 0 Å². The number of carbonyl (C=O) groups excluding carboxylic acids is 1. The quantitative estimate of drug-likeness (QED) is 0.358. The molecule has 120 valence electrons. The Bertz CT molecular complexity index is 405. The summed E-state index contributed by atoms with van der Waals surface area (Å²) in [5.74, 6) is 0.524. The molecule has 2 aliphatic rings. The Hall–Kier alpha value is -1.30. The monoisotopic (exact) mass is 297 g/mol. The second-order valence-corrected chi connectivity index (χ2v) is 6.42. The lowest BCUT2D eigenvalue weighted by molar-refractivity contribution is -0.145. The molecule has 0 aromatic carbocycles. The van der Waals surface area contributed by atoms with Gasteiger partial charge in [-0.25, -0.2) is 0 Å². The molecule has 6 heteroatoms. The largest absolute Gasteiger partial charge is 0.409 e. The average Bonchev–Trinajstić information content (AvgIpc) is 2.54. The maximum Gasteiger partial charge on any atom is 0.236 e. The SMILES string of the molecule is COC1CN(C(=O)C2(C(N)=NO)CCCCC2)CCC1C. The summed E-state index contributed by atoms with van der Waals surface area (Å²) in [4.78, 5) is 14.9. The summed E-state index contributed by atoms with van der Waals surface area (Å²) in [6.07, 6.45) is 5.33. The van der Waals surface area contributed by atoms with Crippen molar-refractivity contribution in [2.75, 3.05) is 20.2 Å². The molecule has 2 fully saturated rings. The first-order chi connectivity index (χ1) is 10.0. The summed E-state index contributed by atoms with van der Waals surface area (Å²) >= 11 is 0. The Balaban J connectivity index is 2.19. The van der Waals surface area contributed by atoms with Crippen LogP contribution in [0.2, 0.25) is 0 Å². The lowest BCUT2D eigenvalue weighted by Crippen LogP contribution is -2.56. The number of nitrogens with two attached hydrogens (primary N) is 1. The average molecular weight is 297 g/mol. The first-order valence-corrected chi connectivity index (χ1v) is 7.85. The fraction of sp³-hybridized carbons (Fsp3) is 0.867. The molecule has 1 saturated heterocycles. The first-order valence-electron chi connectivity index (χ1n) is 7.85. The number of oxime groups is 1. The smallest absolute Gasteiger partial charge is 0.236 e. The van der Waals surface area contributed by atoms with E-state index in [1.807, 2.05) is 4.90 Å². The van der Waals surface area contributed by atoms with E-state index in [0.717, 1.165) is 32.2 Å². The summed E-state index contributed by atoms with van der Waals surface area (Å²) in [6, 6.07) is 0. The number of ether oxygens (including phenoxy) is 1. The van der Waals surface area contributed by atoms with Crippen LogP contribution >= 0.6 is 0 Å². The van der Waals surface area contributed by atoms with Crippen molar-refractivity contribution in [2.24, 2.45) is 22.2 Å². The highest BCUT2D eigenvalue weighted by molar-refractivity contribution is 6.06. The fourth-order valence-corrected chi connectivity index (χ4v) is 3.66. The van der Waals surface area contributed by atoms with E-state index in [-0.39, 0.29) is 17.8 Å². The van der Waals surface area contributed by atoms with E-state index < -0.39 is 5.41 Å². The molecule has 0 aromatic heterocycles. The number of methoxy groups -OCH3 is 1. The molecule has 2 rings (SSSR count). The van der Waals surface area contributed by atoms with E-state index in [2.05, 4.69) is 12.1 Å². The van der Waals surface area contributed by atoms with E-state index in [1.165, 1.54) is 0 Å². The Morgan fingerprint density at radius 2 is 2.05 bits per heavy atom. The third kappa shape index (κ3) is 3.00.